The number of amides is 2. The first-order valence-electron chi connectivity index (χ1n) is 8.56. The van der Waals surface area contributed by atoms with E-state index in [4.69, 9.17) is 4.74 Å². The number of carbonyl (C=O) groups excluding carboxylic acids is 3. The lowest BCUT2D eigenvalue weighted by Gasteiger charge is -2.10. The third-order valence-corrected chi connectivity index (χ3v) is 3.51. The Labute approximate surface area is 157 Å². The molecule has 0 bridgehead atoms. The molecule has 0 spiro atoms. The van der Waals surface area contributed by atoms with Gasteiger partial charge in [-0.3, -0.25) is 9.59 Å². The zero-order valence-corrected chi connectivity index (χ0v) is 15.4. The predicted molar refractivity (Wildman–Crippen MR) is 102 cm³/mol. The van der Waals surface area contributed by atoms with Crippen LogP contribution in [0.25, 0.3) is 0 Å². The highest BCUT2D eigenvalue weighted by molar-refractivity contribution is 6.04. The molecule has 0 fully saturated rings. The molecule has 2 aromatic carbocycles. The summed E-state index contributed by atoms with van der Waals surface area (Å²) in [6.45, 7) is 5.53. The summed E-state index contributed by atoms with van der Waals surface area (Å²) in [6.07, 6.45) is -0.792. The standard InChI is InChI=1S/C20H22N2O5/c1-4-26-20(25)27-17-11-5-14(6-12-17)19(24)22-16-9-7-15(8-10-16)21-18(23)13(2)3/h5-13H,4H2,1-3H3,(H,21,23)(H,22,24). The monoisotopic (exact) mass is 370 g/mol. The molecule has 2 N–H and O–H groups in total. The summed E-state index contributed by atoms with van der Waals surface area (Å²) >= 11 is 0. The number of carbonyl (C=O) groups is 3. The van der Waals surface area contributed by atoms with Gasteiger partial charge in [-0.05, 0) is 55.5 Å². The van der Waals surface area contributed by atoms with Gasteiger partial charge in [-0.25, -0.2) is 4.79 Å². The van der Waals surface area contributed by atoms with Crippen LogP contribution < -0.4 is 15.4 Å². The number of hydrogen-bond donors (Lipinski definition) is 2. The van der Waals surface area contributed by atoms with Crippen molar-refractivity contribution < 1.29 is 23.9 Å². The van der Waals surface area contributed by atoms with Crippen LogP contribution in [0.5, 0.6) is 5.75 Å². The molecular weight excluding hydrogens is 348 g/mol. The van der Waals surface area contributed by atoms with Crippen molar-refractivity contribution in [2.45, 2.75) is 20.8 Å². The van der Waals surface area contributed by atoms with Gasteiger partial charge >= 0.3 is 6.16 Å². The summed E-state index contributed by atoms with van der Waals surface area (Å²) < 4.78 is 9.62. The minimum atomic E-state index is -0.792. The van der Waals surface area contributed by atoms with Crippen molar-refractivity contribution in [2.24, 2.45) is 5.92 Å². The van der Waals surface area contributed by atoms with Gasteiger partial charge < -0.3 is 20.1 Å². The molecule has 0 saturated carbocycles. The Hall–Kier alpha value is -3.35. The summed E-state index contributed by atoms with van der Waals surface area (Å²) in [5.74, 6) is -0.205. The van der Waals surface area contributed by atoms with Crippen molar-refractivity contribution in [3.63, 3.8) is 0 Å². The van der Waals surface area contributed by atoms with E-state index >= 15 is 0 Å². The van der Waals surface area contributed by atoms with E-state index in [1.54, 1.807) is 43.3 Å². The van der Waals surface area contributed by atoms with Gasteiger partial charge in [0.25, 0.3) is 5.91 Å². The van der Waals surface area contributed by atoms with Crippen LogP contribution in [0.4, 0.5) is 16.2 Å². The van der Waals surface area contributed by atoms with E-state index in [2.05, 4.69) is 15.4 Å². The normalized spacial score (nSPS) is 10.2. The number of nitrogens with one attached hydrogen (secondary N) is 2. The van der Waals surface area contributed by atoms with E-state index in [0.29, 0.717) is 16.9 Å². The molecule has 0 unspecified atom stereocenters. The third kappa shape index (κ3) is 6.14. The minimum absolute atomic E-state index is 0.0723. The van der Waals surface area contributed by atoms with Crippen molar-refractivity contribution in [2.75, 3.05) is 17.2 Å². The van der Waals surface area contributed by atoms with Gasteiger partial charge in [0.1, 0.15) is 5.75 Å². The molecule has 0 aliphatic heterocycles. The largest absolute Gasteiger partial charge is 0.513 e. The number of ether oxygens (including phenoxy) is 2. The molecule has 0 aliphatic rings. The number of rotatable bonds is 6. The van der Waals surface area contributed by atoms with Crippen LogP contribution in [0.15, 0.2) is 48.5 Å². The molecule has 0 saturated heterocycles. The fraction of sp³-hybridized carbons (Fsp3) is 0.250. The van der Waals surface area contributed by atoms with E-state index in [9.17, 15) is 14.4 Å². The number of benzene rings is 2. The van der Waals surface area contributed by atoms with E-state index in [1.165, 1.54) is 12.1 Å². The first-order chi connectivity index (χ1) is 12.9. The molecule has 0 aromatic heterocycles. The molecule has 2 rings (SSSR count). The Morgan fingerprint density at radius 1 is 0.889 bits per heavy atom. The van der Waals surface area contributed by atoms with Crippen LogP contribution in [-0.2, 0) is 9.53 Å². The Kier molecular flexibility index (Phi) is 6.93. The summed E-state index contributed by atoms with van der Waals surface area (Å²) in [4.78, 5) is 35.2. The van der Waals surface area contributed by atoms with E-state index in [-0.39, 0.29) is 30.1 Å². The first-order valence-corrected chi connectivity index (χ1v) is 8.56. The maximum Gasteiger partial charge on any atom is 0.513 e. The Balaban J connectivity index is 1.94. The second-order valence-electron chi connectivity index (χ2n) is 5.98. The Morgan fingerprint density at radius 2 is 1.44 bits per heavy atom. The molecule has 2 amide bonds. The fourth-order valence-electron chi connectivity index (χ4n) is 2.04. The third-order valence-electron chi connectivity index (χ3n) is 3.51. The van der Waals surface area contributed by atoms with Gasteiger partial charge in [-0.15, -0.1) is 0 Å². The molecule has 0 atom stereocenters. The maximum absolute atomic E-state index is 12.3. The van der Waals surface area contributed by atoms with Crippen molar-refractivity contribution in [3.05, 3.63) is 54.1 Å². The van der Waals surface area contributed by atoms with E-state index in [1.807, 2.05) is 13.8 Å². The summed E-state index contributed by atoms with van der Waals surface area (Å²) in [7, 11) is 0. The van der Waals surface area contributed by atoms with E-state index < -0.39 is 6.16 Å². The predicted octanol–water partition coefficient (Wildman–Crippen LogP) is 4.07. The van der Waals surface area contributed by atoms with Crippen LogP contribution in [0.2, 0.25) is 0 Å². The second kappa shape index (κ2) is 9.38. The Bertz CT molecular complexity index is 798. The Morgan fingerprint density at radius 3 is 1.96 bits per heavy atom. The van der Waals surface area contributed by atoms with Gasteiger partial charge in [0.05, 0.1) is 6.61 Å². The van der Waals surface area contributed by atoms with Gasteiger partial charge in [0.15, 0.2) is 0 Å². The molecule has 7 nitrogen and oxygen atoms in total. The number of hydrogen-bond acceptors (Lipinski definition) is 5. The van der Waals surface area contributed by atoms with Gasteiger partial charge in [0.2, 0.25) is 5.91 Å². The van der Waals surface area contributed by atoms with Crippen LogP contribution in [-0.4, -0.2) is 24.6 Å². The van der Waals surface area contributed by atoms with E-state index in [0.717, 1.165) is 0 Å². The van der Waals surface area contributed by atoms with Crippen molar-refractivity contribution in [3.8, 4) is 5.75 Å². The molecule has 0 heterocycles. The summed E-state index contributed by atoms with van der Waals surface area (Å²) in [6, 6.07) is 12.9. The SMILES string of the molecule is CCOC(=O)Oc1ccc(C(=O)Nc2ccc(NC(=O)C(C)C)cc2)cc1. The van der Waals surface area contributed by atoms with Crippen molar-refractivity contribution in [1.82, 2.24) is 0 Å². The zero-order chi connectivity index (χ0) is 19.8. The minimum Gasteiger partial charge on any atom is -0.434 e. The number of anilines is 2. The second-order valence-corrected chi connectivity index (χ2v) is 5.98. The fourth-order valence-corrected chi connectivity index (χ4v) is 2.04. The average molecular weight is 370 g/mol. The van der Waals surface area contributed by atoms with Crippen LogP contribution in [0, 0.1) is 5.92 Å². The maximum atomic E-state index is 12.3. The zero-order valence-electron chi connectivity index (χ0n) is 15.4. The molecule has 27 heavy (non-hydrogen) atoms. The van der Waals surface area contributed by atoms with Gasteiger partial charge in [-0.2, -0.15) is 0 Å². The molecule has 142 valence electrons. The molecular formula is C20H22N2O5. The van der Waals surface area contributed by atoms with Gasteiger partial charge in [0, 0.05) is 22.9 Å². The lowest BCUT2D eigenvalue weighted by Crippen LogP contribution is -2.17. The summed E-state index contributed by atoms with van der Waals surface area (Å²) in [5.41, 5.74) is 1.66. The molecule has 0 radical (unpaired) electrons. The van der Waals surface area contributed by atoms with Crippen LogP contribution >= 0.6 is 0 Å². The quantitative estimate of drug-likeness (QED) is 0.590. The van der Waals surface area contributed by atoms with Gasteiger partial charge in [-0.1, -0.05) is 13.8 Å². The summed E-state index contributed by atoms with van der Waals surface area (Å²) in [5, 5.41) is 5.54. The lowest BCUT2D eigenvalue weighted by atomic mass is 10.2. The highest BCUT2D eigenvalue weighted by Crippen LogP contribution is 2.17. The van der Waals surface area contributed by atoms with Crippen molar-refractivity contribution in [1.29, 1.82) is 0 Å². The molecule has 0 aliphatic carbocycles. The average Bonchev–Trinajstić information content (AvgIpc) is 2.64. The highest BCUT2D eigenvalue weighted by Gasteiger charge is 2.10. The topological polar surface area (TPSA) is 93.7 Å². The molecule has 2 aromatic rings. The highest BCUT2D eigenvalue weighted by atomic mass is 16.7. The van der Waals surface area contributed by atoms with Crippen LogP contribution in [0.3, 0.4) is 0 Å². The smallest absolute Gasteiger partial charge is 0.434 e. The molecule has 7 heteroatoms. The van der Waals surface area contributed by atoms with Crippen LogP contribution in [0.1, 0.15) is 31.1 Å². The van der Waals surface area contributed by atoms with Crippen molar-refractivity contribution >= 4 is 29.3 Å². The lowest BCUT2D eigenvalue weighted by molar-refractivity contribution is -0.118. The first kappa shape index (κ1) is 20.0.